The summed E-state index contributed by atoms with van der Waals surface area (Å²) in [5.41, 5.74) is 5.28. The van der Waals surface area contributed by atoms with Gasteiger partial charge in [-0.3, -0.25) is 4.99 Å². The van der Waals surface area contributed by atoms with E-state index in [1.807, 2.05) is 11.5 Å². The van der Waals surface area contributed by atoms with Crippen molar-refractivity contribution < 1.29 is 0 Å². The average Bonchev–Trinajstić information content (AvgIpc) is 1.69. The summed E-state index contributed by atoms with van der Waals surface area (Å²) in [5.74, 6) is 0. The highest BCUT2D eigenvalue weighted by molar-refractivity contribution is 8.02. The van der Waals surface area contributed by atoms with E-state index in [0.29, 0.717) is 0 Å². The van der Waals surface area contributed by atoms with E-state index in [1.165, 1.54) is 11.8 Å². The molecule has 0 aromatic heterocycles. The van der Waals surface area contributed by atoms with Crippen molar-refractivity contribution in [3.63, 3.8) is 0 Å². The van der Waals surface area contributed by atoms with Gasteiger partial charge in [-0.25, -0.2) is 0 Å². The first-order valence-electron chi connectivity index (χ1n) is 1.99. The monoisotopic (exact) mass is 114 g/mol. The Kier molecular flexibility index (Phi) is 1.49. The summed E-state index contributed by atoms with van der Waals surface area (Å²) in [6.45, 7) is 0. The first kappa shape index (κ1) is 4.87. The van der Waals surface area contributed by atoms with E-state index in [2.05, 4.69) is 4.99 Å². The van der Waals surface area contributed by atoms with E-state index in [0.717, 1.165) is 0 Å². The van der Waals surface area contributed by atoms with E-state index in [4.69, 9.17) is 5.73 Å². The van der Waals surface area contributed by atoms with Crippen molar-refractivity contribution in [1.29, 1.82) is 0 Å². The Labute approximate surface area is 46.5 Å². The fourth-order valence-corrected chi connectivity index (χ4v) is 0.793. The van der Waals surface area contributed by atoms with Crippen molar-refractivity contribution in [3.8, 4) is 0 Å². The maximum atomic E-state index is 5.35. The molecule has 0 saturated heterocycles. The fourth-order valence-electron chi connectivity index (χ4n) is 0.331. The lowest BCUT2D eigenvalue weighted by atomic mass is 10.7. The van der Waals surface area contributed by atoms with Crippen LogP contribution in [0.5, 0.6) is 0 Å². The van der Waals surface area contributed by atoms with E-state index in [-0.39, 0.29) is 5.50 Å². The van der Waals surface area contributed by atoms with Gasteiger partial charge in [-0.05, 0) is 11.5 Å². The normalized spacial score (nSPS) is 28.4. The lowest BCUT2D eigenvalue weighted by molar-refractivity contribution is 0.998. The number of allylic oxidation sites excluding steroid dienone is 1. The van der Waals surface area contributed by atoms with Gasteiger partial charge in [0.05, 0.1) is 0 Å². The Morgan fingerprint density at radius 2 is 2.57 bits per heavy atom. The lowest BCUT2D eigenvalue weighted by Crippen LogP contribution is -2.11. The topological polar surface area (TPSA) is 38.4 Å². The molecule has 0 bridgehead atoms. The zero-order valence-corrected chi connectivity index (χ0v) is 4.56. The van der Waals surface area contributed by atoms with Crippen LogP contribution in [-0.2, 0) is 0 Å². The molecule has 0 spiro atoms. The van der Waals surface area contributed by atoms with Crippen molar-refractivity contribution in [2.24, 2.45) is 10.7 Å². The molecule has 0 amide bonds. The Balaban J connectivity index is 2.49. The Morgan fingerprint density at radius 1 is 1.71 bits per heavy atom. The predicted octanol–water partition coefficient (Wildman–Crippen LogP) is 0.560. The third-order valence-electron chi connectivity index (χ3n) is 0.616. The second-order valence-electron chi connectivity index (χ2n) is 1.15. The van der Waals surface area contributed by atoms with Crippen molar-refractivity contribution in [1.82, 2.24) is 0 Å². The molecular weight excluding hydrogens is 108 g/mol. The number of hydrogen-bond acceptors (Lipinski definition) is 3. The largest absolute Gasteiger partial charge is 0.301 e. The van der Waals surface area contributed by atoms with Gasteiger partial charge in [0.1, 0.15) is 5.50 Å². The van der Waals surface area contributed by atoms with Crippen LogP contribution in [0.25, 0.3) is 0 Å². The molecule has 2 nitrogen and oxygen atoms in total. The second kappa shape index (κ2) is 2.14. The SMILES string of the molecule is NC1N=CC=CS1. The van der Waals surface area contributed by atoms with Crippen LogP contribution >= 0.6 is 11.8 Å². The number of nitrogens with zero attached hydrogens (tertiary/aromatic N) is 1. The summed E-state index contributed by atoms with van der Waals surface area (Å²) in [7, 11) is 0. The maximum absolute atomic E-state index is 5.35. The van der Waals surface area contributed by atoms with Crippen LogP contribution in [0.2, 0.25) is 0 Å². The molecule has 1 aliphatic rings. The second-order valence-corrected chi connectivity index (χ2v) is 2.18. The summed E-state index contributed by atoms with van der Waals surface area (Å²) in [5, 5.41) is 1.93. The maximum Gasteiger partial charge on any atom is 0.148 e. The summed E-state index contributed by atoms with van der Waals surface area (Å²) < 4.78 is 0. The molecule has 0 saturated carbocycles. The van der Waals surface area contributed by atoms with Crippen LogP contribution in [-0.4, -0.2) is 11.7 Å². The van der Waals surface area contributed by atoms with Gasteiger partial charge in [0.25, 0.3) is 0 Å². The van der Waals surface area contributed by atoms with E-state index < -0.39 is 0 Å². The molecule has 38 valence electrons. The van der Waals surface area contributed by atoms with Crippen molar-refractivity contribution in [3.05, 3.63) is 11.5 Å². The summed E-state index contributed by atoms with van der Waals surface area (Å²) in [6.07, 6.45) is 3.58. The van der Waals surface area contributed by atoms with Gasteiger partial charge in [-0.1, -0.05) is 11.8 Å². The molecular formula is C4H6N2S. The van der Waals surface area contributed by atoms with Crippen LogP contribution in [0, 0.1) is 0 Å². The van der Waals surface area contributed by atoms with Gasteiger partial charge in [-0.2, -0.15) is 0 Å². The van der Waals surface area contributed by atoms with Gasteiger partial charge in [0.2, 0.25) is 0 Å². The highest BCUT2D eigenvalue weighted by atomic mass is 32.2. The van der Waals surface area contributed by atoms with E-state index in [1.54, 1.807) is 6.21 Å². The standard InChI is InChI=1S/C4H6N2S/c5-4-6-2-1-3-7-4/h1-4H,5H2. The zero-order chi connectivity index (χ0) is 5.11. The molecule has 0 aromatic rings. The third-order valence-corrected chi connectivity index (χ3v) is 1.33. The van der Waals surface area contributed by atoms with Crippen molar-refractivity contribution in [2.75, 3.05) is 0 Å². The smallest absolute Gasteiger partial charge is 0.148 e. The summed E-state index contributed by atoms with van der Waals surface area (Å²) in [6, 6.07) is 0. The highest BCUT2D eigenvalue weighted by Crippen LogP contribution is 2.09. The van der Waals surface area contributed by atoms with Crippen molar-refractivity contribution in [2.45, 2.75) is 5.50 Å². The van der Waals surface area contributed by atoms with Gasteiger partial charge < -0.3 is 5.73 Å². The minimum absolute atomic E-state index is 0.0648. The number of hydrogen-bond donors (Lipinski definition) is 1. The lowest BCUT2D eigenvalue weighted by Gasteiger charge is -2.02. The highest BCUT2D eigenvalue weighted by Gasteiger charge is 1.94. The molecule has 1 heterocycles. The molecule has 3 heteroatoms. The molecule has 0 aromatic carbocycles. The molecule has 0 fully saturated rings. The fraction of sp³-hybridized carbons (Fsp3) is 0.250. The third kappa shape index (κ3) is 1.33. The van der Waals surface area contributed by atoms with Crippen molar-refractivity contribution >= 4 is 18.0 Å². The zero-order valence-electron chi connectivity index (χ0n) is 3.74. The van der Waals surface area contributed by atoms with Crippen LogP contribution in [0.15, 0.2) is 16.5 Å². The Morgan fingerprint density at radius 3 is 2.86 bits per heavy atom. The Hall–Kier alpha value is -0.280. The van der Waals surface area contributed by atoms with E-state index >= 15 is 0 Å². The number of thioether (sulfide) groups is 1. The molecule has 1 atom stereocenters. The summed E-state index contributed by atoms with van der Waals surface area (Å²) >= 11 is 1.52. The molecule has 0 aliphatic carbocycles. The molecule has 0 radical (unpaired) electrons. The molecule has 2 N–H and O–H groups in total. The predicted molar refractivity (Wildman–Crippen MR) is 33.2 cm³/mol. The van der Waals surface area contributed by atoms with Gasteiger partial charge >= 0.3 is 0 Å². The van der Waals surface area contributed by atoms with Crippen LogP contribution in [0.4, 0.5) is 0 Å². The molecule has 1 unspecified atom stereocenters. The van der Waals surface area contributed by atoms with Crippen LogP contribution in [0.1, 0.15) is 0 Å². The van der Waals surface area contributed by atoms with Gasteiger partial charge in [-0.15, -0.1) is 0 Å². The molecule has 1 aliphatic heterocycles. The van der Waals surface area contributed by atoms with Crippen LogP contribution in [0.3, 0.4) is 0 Å². The molecule has 1 rings (SSSR count). The first-order chi connectivity index (χ1) is 3.39. The van der Waals surface area contributed by atoms with Gasteiger partial charge in [0.15, 0.2) is 0 Å². The van der Waals surface area contributed by atoms with Gasteiger partial charge in [0, 0.05) is 6.21 Å². The van der Waals surface area contributed by atoms with E-state index in [9.17, 15) is 0 Å². The Bertz CT molecular complexity index is 108. The number of nitrogens with two attached hydrogens (primary N) is 1. The minimum atomic E-state index is -0.0648. The minimum Gasteiger partial charge on any atom is -0.301 e. The first-order valence-corrected chi connectivity index (χ1v) is 2.93. The quantitative estimate of drug-likeness (QED) is 0.499. The average molecular weight is 114 g/mol. The number of rotatable bonds is 0. The summed E-state index contributed by atoms with van der Waals surface area (Å²) in [4.78, 5) is 3.86. The molecule has 7 heavy (non-hydrogen) atoms. The number of aliphatic imine (C=N–C) groups is 1. The van der Waals surface area contributed by atoms with Crippen LogP contribution < -0.4 is 5.73 Å².